The highest BCUT2D eigenvalue weighted by molar-refractivity contribution is 5.88. The van der Waals surface area contributed by atoms with Crippen LogP contribution in [0.3, 0.4) is 0 Å². The Hall–Kier alpha value is -1.68. The SMILES string of the molecule is C[C@@H]1CCCCN1Cc1ccccc1CNC(=O)C1C[C@@H]2CCC[C@@H](C1)C2=O. The summed E-state index contributed by atoms with van der Waals surface area (Å²) in [6.45, 7) is 5.05. The van der Waals surface area contributed by atoms with Gasteiger partial charge in [0.1, 0.15) is 5.78 Å². The molecule has 152 valence electrons. The molecule has 1 aromatic rings. The minimum Gasteiger partial charge on any atom is -0.352 e. The molecule has 0 radical (unpaired) electrons. The van der Waals surface area contributed by atoms with Gasteiger partial charge in [-0.05, 0) is 63.1 Å². The zero-order chi connectivity index (χ0) is 19.5. The molecule has 1 aromatic carbocycles. The van der Waals surface area contributed by atoms with E-state index in [1.165, 1.54) is 36.9 Å². The van der Waals surface area contributed by atoms with Gasteiger partial charge in [0, 0.05) is 36.9 Å². The fraction of sp³-hybridized carbons (Fsp3) is 0.667. The standard InChI is InChI=1S/C24H34N2O2/c1-17-7-4-5-12-26(17)16-21-9-3-2-8-20(21)15-25-24(28)22-13-18-10-6-11-19(14-22)23(18)27/h2-3,8-9,17-19,22H,4-7,10-16H2,1H3,(H,25,28)/t17-,18+,19+/m1/s1. The van der Waals surface area contributed by atoms with Crippen molar-refractivity contribution in [3.8, 4) is 0 Å². The molecular weight excluding hydrogens is 348 g/mol. The molecule has 1 amide bonds. The number of carbonyl (C=O) groups excluding carboxylic acids is 2. The number of hydrogen-bond donors (Lipinski definition) is 1. The van der Waals surface area contributed by atoms with Crippen molar-refractivity contribution < 1.29 is 9.59 Å². The van der Waals surface area contributed by atoms with Gasteiger partial charge in [-0.15, -0.1) is 0 Å². The quantitative estimate of drug-likeness (QED) is 0.835. The summed E-state index contributed by atoms with van der Waals surface area (Å²) in [5, 5.41) is 3.19. The van der Waals surface area contributed by atoms with Crippen molar-refractivity contribution in [2.75, 3.05) is 6.54 Å². The molecule has 3 aliphatic rings. The molecule has 1 heterocycles. The largest absolute Gasteiger partial charge is 0.352 e. The first-order valence-corrected chi connectivity index (χ1v) is 11.2. The smallest absolute Gasteiger partial charge is 0.223 e. The van der Waals surface area contributed by atoms with Gasteiger partial charge in [0.2, 0.25) is 5.91 Å². The molecule has 2 aliphatic carbocycles. The summed E-state index contributed by atoms with van der Waals surface area (Å²) in [4.78, 5) is 27.7. The summed E-state index contributed by atoms with van der Waals surface area (Å²) in [7, 11) is 0. The molecule has 1 aliphatic heterocycles. The molecule has 0 unspecified atom stereocenters. The van der Waals surface area contributed by atoms with E-state index in [9.17, 15) is 9.59 Å². The van der Waals surface area contributed by atoms with Crippen molar-refractivity contribution in [3.63, 3.8) is 0 Å². The van der Waals surface area contributed by atoms with Crippen molar-refractivity contribution in [2.24, 2.45) is 17.8 Å². The Morgan fingerprint density at radius 3 is 2.46 bits per heavy atom. The molecule has 1 N–H and O–H groups in total. The van der Waals surface area contributed by atoms with E-state index in [4.69, 9.17) is 0 Å². The molecule has 3 fully saturated rings. The number of rotatable bonds is 5. The third kappa shape index (κ3) is 4.32. The van der Waals surface area contributed by atoms with E-state index < -0.39 is 0 Å². The van der Waals surface area contributed by atoms with E-state index in [-0.39, 0.29) is 23.7 Å². The first kappa shape index (κ1) is 19.6. The molecule has 2 saturated carbocycles. The third-order valence-corrected chi connectivity index (χ3v) is 7.30. The Bertz CT molecular complexity index is 700. The summed E-state index contributed by atoms with van der Waals surface area (Å²) in [6.07, 6.45) is 8.53. The molecule has 4 nitrogen and oxygen atoms in total. The number of benzene rings is 1. The number of nitrogens with zero attached hydrogens (tertiary/aromatic N) is 1. The number of Topliss-reactive ketones (excluding diaryl/α,β-unsaturated/α-hetero) is 1. The van der Waals surface area contributed by atoms with E-state index in [0.29, 0.717) is 18.4 Å². The molecule has 1 saturated heterocycles. The minimum absolute atomic E-state index is 0.0160. The molecule has 4 heteroatoms. The Balaban J connectivity index is 1.36. The zero-order valence-electron chi connectivity index (χ0n) is 17.2. The summed E-state index contributed by atoms with van der Waals surface area (Å²) in [5.41, 5.74) is 2.55. The van der Waals surface area contributed by atoms with Crippen LogP contribution in [0, 0.1) is 17.8 Å². The van der Waals surface area contributed by atoms with Gasteiger partial charge in [0.25, 0.3) is 0 Å². The second-order valence-corrected chi connectivity index (χ2v) is 9.20. The monoisotopic (exact) mass is 382 g/mol. The third-order valence-electron chi connectivity index (χ3n) is 7.30. The number of nitrogens with one attached hydrogen (secondary N) is 1. The second kappa shape index (κ2) is 8.77. The predicted octanol–water partition coefficient (Wildman–Crippen LogP) is 4.07. The number of piperidine rings is 1. The van der Waals surface area contributed by atoms with Crippen LogP contribution in [0.5, 0.6) is 0 Å². The lowest BCUT2D eigenvalue weighted by Crippen LogP contribution is -2.42. The Morgan fingerprint density at radius 1 is 1.04 bits per heavy atom. The predicted molar refractivity (Wildman–Crippen MR) is 111 cm³/mol. The maximum Gasteiger partial charge on any atom is 0.223 e. The fourth-order valence-corrected chi connectivity index (χ4v) is 5.52. The van der Waals surface area contributed by atoms with Crippen LogP contribution in [0.25, 0.3) is 0 Å². The van der Waals surface area contributed by atoms with E-state index in [1.54, 1.807) is 0 Å². The van der Waals surface area contributed by atoms with Gasteiger partial charge in [-0.25, -0.2) is 0 Å². The zero-order valence-corrected chi connectivity index (χ0v) is 17.2. The van der Waals surface area contributed by atoms with Crippen LogP contribution in [0.2, 0.25) is 0 Å². The molecule has 28 heavy (non-hydrogen) atoms. The Morgan fingerprint density at radius 2 is 1.75 bits per heavy atom. The van der Waals surface area contributed by atoms with Crippen molar-refractivity contribution in [1.82, 2.24) is 10.2 Å². The van der Waals surface area contributed by atoms with Gasteiger partial charge in [-0.1, -0.05) is 37.1 Å². The molecule has 4 rings (SSSR count). The first-order valence-electron chi connectivity index (χ1n) is 11.2. The van der Waals surface area contributed by atoms with E-state index >= 15 is 0 Å². The number of fused-ring (bicyclic) bond motifs is 2. The molecule has 3 atom stereocenters. The molecule has 2 bridgehead atoms. The Labute approximate surface area is 169 Å². The number of likely N-dealkylation sites (tertiary alicyclic amines) is 1. The van der Waals surface area contributed by atoms with Gasteiger partial charge in [-0.3, -0.25) is 14.5 Å². The highest BCUT2D eigenvalue weighted by atomic mass is 16.2. The van der Waals surface area contributed by atoms with Gasteiger partial charge in [-0.2, -0.15) is 0 Å². The fourth-order valence-electron chi connectivity index (χ4n) is 5.52. The van der Waals surface area contributed by atoms with Crippen molar-refractivity contribution >= 4 is 11.7 Å². The van der Waals surface area contributed by atoms with Crippen molar-refractivity contribution in [2.45, 2.75) is 77.4 Å². The van der Waals surface area contributed by atoms with Crippen LogP contribution in [-0.2, 0) is 22.7 Å². The maximum atomic E-state index is 12.8. The maximum absolute atomic E-state index is 12.8. The summed E-state index contributed by atoms with van der Waals surface area (Å²) in [5.74, 6) is 0.858. The van der Waals surface area contributed by atoms with Gasteiger partial charge >= 0.3 is 0 Å². The number of ketones is 1. The lowest BCUT2D eigenvalue weighted by Gasteiger charge is -2.37. The molecule has 0 spiro atoms. The van der Waals surface area contributed by atoms with Crippen LogP contribution < -0.4 is 5.32 Å². The Kier molecular flexibility index (Phi) is 6.15. The lowest BCUT2D eigenvalue weighted by atomic mass is 9.67. The number of hydrogen-bond acceptors (Lipinski definition) is 3. The van der Waals surface area contributed by atoms with Crippen molar-refractivity contribution in [1.29, 1.82) is 0 Å². The van der Waals surface area contributed by atoms with Gasteiger partial charge in [0.05, 0.1) is 0 Å². The van der Waals surface area contributed by atoms with Crippen LogP contribution in [0.1, 0.15) is 69.4 Å². The highest BCUT2D eigenvalue weighted by Gasteiger charge is 2.41. The minimum atomic E-state index is 0.0160. The van der Waals surface area contributed by atoms with E-state index in [0.717, 1.165) is 38.6 Å². The number of amides is 1. The van der Waals surface area contributed by atoms with Crippen LogP contribution in [-0.4, -0.2) is 29.2 Å². The lowest BCUT2D eigenvalue weighted by molar-refractivity contribution is -0.137. The number of carbonyl (C=O) groups is 2. The van der Waals surface area contributed by atoms with Gasteiger partial charge in [0.15, 0.2) is 0 Å². The average Bonchev–Trinajstić information content (AvgIpc) is 2.68. The normalized spacial score (nSPS) is 30.8. The highest BCUT2D eigenvalue weighted by Crippen LogP contribution is 2.40. The van der Waals surface area contributed by atoms with E-state index in [1.807, 2.05) is 0 Å². The van der Waals surface area contributed by atoms with Gasteiger partial charge < -0.3 is 5.32 Å². The summed E-state index contributed by atoms with van der Waals surface area (Å²) < 4.78 is 0. The summed E-state index contributed by atoms with van der Waals surface area (Å²) in [6, 6.07) is 9.14. The van der Waals surface area contributed by atoms with Crippen molar-refractivity contribution in [3.05, 3.63) is 35.4 Å². The topological polar surface area (TPSA) is 49.4 Å². The average molecular weight is 383 g/mol. The van der Waals surface area contributed by atoms with Crippen LogP contribution in [0.15, 0.2) is 24.3 Å². The molecular formula is C24H34N2O2. The molecule has 0 aromatic heterocycles. The summed E-state index contributed by atoms with van der Waals surface area (Å²) >= 11 is 0. The van der Waals surface area contributed by atoms with Crippen LogP contribution in [0.4, 0.5) is 0 Å². The van der Waals surface area contributed by atoms with E-state index in [2.05, 4.69) is 41.4 Å². The first-order chi connectivity index (χ1) is 13.6. The van der Waals surface area contributed by atoms with Crippen LogP contribution >= 0.6 is 0 Å². The second-order valence-electron chi connectivity index (χ2n) is 9.20.